The lowest BCUT2D eigenvalue weighted by Crippen LogP contribution is -2.49. The first-order valence-electron chi connectivity index (χ1n) is 8.95. The third-order valence-corrected chi connectivity index (χ3v) is 5.52. The minimum absolute atomic E-state index is 0.0756. The summed E-state index contributed by atoms with van der Waals surface area (Å²) in [5.41, 5.74) is 0. The summed E-state index contributed by atoms with van der Waals surface area (Å²) in [7, 11) is 2.01. The number of carbonyl (C=O) groups is 1. The Morgan fingerprint density at radius 2 is 1.91 bits per heavy atom. The molecule has 1 aliphatic heterocycles. The van der Waals surface area contributed by atoms with Gasteiger partial charge in [0, 0.05) is 38.6 Å². The molecule has 1 aromatic rings. The molecule has 5 heteroatoms. The summed E-state index contributed by atoms with van der Waals surface area (Å²) in [6, 6.07) is 2.24. The quantitative estimate of drug-likeness (QED) is 0.860. The Morgan fingerprint density at radius 3 is 2.65 bits per heavy atom. The lowest BCUT2D eigenvalue weighted by atomic mass is 9.84. The summed E-state index contributed by atoms with van der Waals surface area (Å²) in [5.74, 6) is 1.75. The first kappa shape index (κ1) is 16.2. The molecular formula is C18H28N4O. The van der Waals surface area contributed by atoms with Gasteiger partial charge in [-0.2, -0.15) is 0 Å². The molecule has 0 spiro atoms. The summed E-state index contributed by atoms with van der Waals surface area (Å²) in [4.78, 5) is 25.8. The molecule has 23 heavy (non-hydrogen) atoms. The monoisotopic (exact) mass is 316 g/mol. The van der Waals surface area contributed by atoms with Crippen molar-refractivity contribution >= 4 is 11.9 Å². The van der Waals surface area contributed by atoms with Crippen LogP contribution in [0.3, 0.4) is 0 Å². The van der Waals surface area contributed by atoms with E-state index in [2.05, 4.69) is 21.8 Å². The highest BCUT2D eigenvalue weighted by Crippen LogP contribution is 2.29. The highest BCUT2D eigenvalue weighted by Gasteiger charge is 2.34. The van der Waals surface area contributed by atoms with Crippen LogP contribution in [-0.2, 0) is 4.79 Å². The lowest BCUT2D eigenvalue weighted by Gasteiger charge is -2.40. The average Bonchev–Trinajstić information content (AvgIpc) is 2.62. The Labute approximate surface area is 139 Å². The van der Waals surface area contributed by atoms with Crippen LogP contribution in [0.2, 0.25) is 0 Å². The van der Waals surface area contributed by atoms with E-state index in [0.717, 1.165) is 38.3 Å². The Kier molecular flexibility index (Phi) is 5.13. The van der Waals surface area contributed by atoms with Gasteiger partial charge in [0.15, 0.2) is 0 Å². The summed E-state index contributed by atoms with van der Waals surface area (Å²) < 4.78 is 0. The van der Waals surface area contributed by atoms with Gasteiger partial charge in [-0.1, -0.05) is 19.8 Å². The molecule has 2 heterocycles. The predicted molar refractivity (Wildman–Crippen MR) is 91.2 cm³/mol. The second-order valence-electron chi connectivity index (χ2n) is 7.11. The van der Waals surface area contributed by atoms with Crippen LogP contribution in [0.25, 0.3) is 0 Å². The van der Waals surface area contributed by atoms with Crippen molar-refractivity contribution in [2.45, 2.75) is 51.5 Å². The number of hydrogen-bond acceptors (Lipinski definition) is 4. The molecule has 5 nitrogen and oxygen atoms in total. The second-order valence-corrected chi connectivity index (χ2v) is 7.11. The van der Waals surface area contributed by atoms with Crippen molar-refractivity contribution in [3.8, 4) is 0 Å². The largest absolute Gasteiger partial charge is 0.342 e. The van der Waals surface area contributed by atoms with Crippen molar-refractivity contribution in [3.05, 3.63) is 18.5 Å². The van der Waals surface area contributed by atoms with Gasteiger partial charge in [-0.25, -0.2) is 9.97 Å². The molecule has 3 rings (SSSR count). The second kappa shape index (κ2) is 7.28. The predicted octanol–water partition coefficient (Wildman–Crippen LogP) is 2.73. The Hall–Kier alpha value is -1.65. The molecular weight excluding hydrogens is 288 g/mol. The van der Waals surface area contributed by atoms with E-state index in [0.29, 0.717) is 17.9 Å². The number of rotatable bonds is 3. The zero-order chi connectivity index (χ0) is 16.2. The van der Waals surface area contributed by atoms with Gasteiger partial charge in [-0.05, 0) is 37.7 Å². The first-order valence-corrected chi connectivity index (χ1v) is 8.95. The van der Waals surface area contributed by atoms with Gasteiger partial charge in [0.25, 0.3) is 0 Å². The molecule has 3 atom stereocenters. The Balaban J connectivity index is 1.64. The minimum Gasteiger partial charge on any atom is -0.342 e. The van der Waals surface area contributed by atoms with Gasteiger partial charge >= 0.3 is 0 Å². The van der Waals surface area contributed by atoms with Crippen molar-refractivity contribution in [3.63, 3.8) is 0 Å². The standard InChI is InChI=1S/C18H28N4O/c1-14-7-3-4-9-16(14)21(2)17(23)15-8-5-12-22(13-15)18-19-10-6-11-20-18/h6,10-11,14-16H,3-5,7-9,12-13H2,1-2H3. The number of nitrogens with zero attached hydrogens (tertiary/aromatic N) is 4. The minimum atomic E-state index is 0.0756. The van der Waals surface area contributed by atoms with Crippen LogP contribution in [0.1, 0.15) is 45.4 Å². The third-order valence-electron chi connectivity index (χ3n) is 5.52. The molecule has 0 bridgehead atoms. The zero-order valence-electron chi connectivity index (χ0n) is 14.3. The normalized spacial score (nSPS) is 28.4. The van der Waals surface area contributed by atoms with Crippen molar-refractivity contribution in [1.82, 2.24) is 14.9 Å². The Morgan fingerprint density at radius 1 is 1.17 bits per heavy atom. The molecule has 0 aromatic carbocycles. The molecule has 1 amide bonds. The van der Waals surface area contributed by atoms with Gasteiger partial charge < -0.3 is 9.80 Å². The van der Waals surface area contributed by atoms with E-state index in [9.17, 15) is 4.79 Å². The fourth-order valence-electron chi connectivity index (χ4n) is 4.14. The van der Waals surface area contributed by atoms with Crippen LogP contribution in [-0.4, -0.2) is 47.0 Å². The summed E-state index contributed by atoms with van der Waals surface area (Å²) in [6.07, 6.45) is 10.5. The molecule has 2 fully saturated rings. The number of amides is 1. The summed E-state index contributed by atoms with van der Waals surface area (Å²) >= 11 is 0. The lowest BCUT2D eigenvalue weighted by molar-refractivity contribution is -0.138. The summed E-state index contributed by atoms with van der Waals surface area (Å²) in [6.45, 7) is 3.98. The van der Waals surface area contributed by atoms with Crippen molar-refractivity contribution in [1.29, 1.82) is 0 Å². The van der Waals surface area contributed by atoms with E-state index in [1.807, 2.05) is 18.0 Å². The van der Waals surface area contributed by atoms with Gasteiger partial charge in [0.1, 0.15) is 0 Å². The first-order chi connectivity index (χ1) is 11.2. The van der Waals surface area contributed by atoms with E-state index < -0.39 is 0 Å². The summed E-state index contributed by atoms with van der Waals surface area (Å²) in [5, 5.41) is 0. The van der Waals surface area contributed by atoms with Crippen LogP contribution < -0.4 is 4.90 Å². The van der Waals surface area contributed by atoms with Crippen molar-refractivity contribution < 1.29 is 4.79 Å². The van der Waals surface area contributed by atoms with E-state index in [4.69, 9.17) is 0 Å². The molecule has 1 saturated carbocycles. The smallest absolute Gasteiger partial charge is 0.227 e. The van der Waals surface area contributed by atoms with E-state index in [-0.39, 0.29) is 5.92 Å². The van der Waals surface area contributed by atoms with Crippen LogP contribution in [0.4, 0.5) is 5.95 Å². The Bertz CT molecular complexity index is 521. The highest BCUT2D eigenvalue weighted by molar-refractivity contribution is 5.79. The number of aromatic nitrogens is 2. The molecule has 1 aromatic heterocycles. The number of piperidine rings is 1. The molecule has 0 radical (unpaired) electrons. The maximum absolute atomic E-state index is 13.0. The number of carbonyl (C=O) groups excluding carboxylic acids is 1. The molecule has 1 saturated heterocycles. The van der Waals surface area contributed by atoms with Crippen LogP contribution in [0.15, 0.2) is 18.5 Å². The van der Waals surface area contributed by atoms with Gasteiger partial charge in [0.2, 0.25) is 11.9 Å². The van der Waals surface area contributed by atoms with E-state index in [1.54, 1.807) is 12.4 Å². The highest BCUT2D eigenvalue weighted by atomic mass is 16.2. The van der Waals surface area contributed by atoms with Crippen LogP contribution >= 0.6 is 0 Å². The topological polar surface area (TPSA) is 49.3 Å². The molecule has 0 N–H and O–H groups in total. The van der Waals surface area contributed by atoms with Gasteiger partial charge in [-0.15, -0.1) is 0 Å². The molecule has 126 valence electrons. The maximum Gasteiger partial charge on any atom is 0.227 e. The SMILES string of the molecule is CC1CCCCC1N(C)C(=O)C1CCCN(c2ncccn2)C1. The van der Waals surface area contributed by atoms with Crippen molar-refractivity contribution in [2.75, 3.05) is 25.0 Å². The van der Waals surface area contributed by atoms with Crippen LogP contribution in [0.5, 0.6) is 0 Å². The van der Waals surface area contributed by atoms with E-state index in [1.165, 1.54) is 19.3 Å². The number of hydrogen-bond donors (Lipinski definition) is 0. The fourth-order valence-corrected chi connectivity index (χ4v) is 4.14. The molecule has 3 unspecified atom stereocenters. The van der Waals surface area contributed by atoms with E-state index >= 15 is 0 Å². The molecule has 1 aliphatic carbocycles. The number of anilines is 1. The zero-order valence-corrected chi connectivity index (χ0v) is 14.3. The van der Waals surface area contributed by atoms with Gasteiger partial charge in [0.05, 0.1) is 5.92 Å². The molecule has 2 aliphatic rings. The van der Waals surface area contributed by atoms with Gasteiger partial charge in [-0.3, -0.25) is 4.79 Å². The van der Waals surface area contributed by atoms with Crippen molar-refractivity contribution in [2.24, 2.45) is 11.8 Å². The maximum atomic E-state index is 13.0. The average molecular weight is 316 g/mol. The fraction of sp³-hybridized carbons (Fsp3) is 0.722. The van der Waals surface area contributed by atoms with Crippen LogP contribution in [0, 0.1) is 11.8 Å². The third kappa shape index (κ3) is 3.65.